The van der Waals surface area contributed by atoms with Crippen molar-refractivity contribution >= 4 is 10.0 Å². The number of aromatic nitrogens is 2. The summed E-state index contributed by atoms with van der Waals surface area (Å²) in [6.07, 6.45) is 7.31. The second kappa shape index (κ2) is 7.10. The first kappa shape index (κ1) is 17.4. The quantitative estimate of drug-likeness (QED) is 0.790. The highest BCUT2D eigenvalue weighted by Gasteiger charge is 2.27. The Labute approximate surface area is 134 Å². The van der Waals surface area contributed by atoms with Crippen LogP contribution in [-0.2, 0) is 23.6 Å². The molecule has 0 aromatic carbocycles. The number of rotatable bonds is 6. The van der Waals surface area contributed by atoms with Crippen molar-refractivity contribution in [1.29, 1.82) is 0 Å². The molecule has 1 saturated heterocycles. The number of piperidine rings is 1. The second-order valence-corrected chi connectivity index (χ2v) is 8.66. The van der Waals surface area contributed by atoms with Crippen LogP contribution in [0.4, 0.5) is 0 Å². The fraction of sp³-hybridized carbons (Fsp3) is 0.800. The zero-order valence-corrected chi connectivity index (χ0v) is 14.9. The first-order valence-corrected chi connectivity index (χ1v) is 9.77. The van der Waals surface area contributed by atoms with Gasteiger partial charge in [0.15, 0.2) is 0 Å². The SMILES string of the molecule is CC(C)N(Cc1cnn(C)c1)C[C@@H]1CCCN(S(C)(=O)=O)C1. The van der Waals surface area contributed by atoms with Gasteiger partial charge in [0.25, 0.3) is 0 Å². The molecule has 1 atom stereocenters. The lowest BCUT2D eigenvalue weighted by Crippen LogP contribution is -2.44. The smallest absolute Gasteiger partial charge is 0.211 e. The van der Waals surface area contributed by atoms with Crippen LogP contribution in [0.3, 0.4) is 0 Å². The lowest BCUT2D eigenvalue weighted by molar-refractivity contribution is 0.144. The van der Waals surface area contributed by atoms with E-state index in [0.29, 0.717) is 25.0 Å². The summed E-state index contributed by atoms with van der Waals surface area (Å²) in [6, 6.07) is 0.425. The highest BCUT2D eigenvalue weighted by atomic mass is 32.2. The van der Waals surface area contributed by atoms with Crippen molar-refractivity contribution in [1.82, 2.24) is 19.0 Å². The van der Waals surface area contributed by atoms with E-state index in [1.54, 1.807) is 4.31 Å². The topological polar surface area (TPSA) is 58.4 Å². The van der Waals surface area contributed by atoms with Crippen LogP contribution in [0, 0.1) is 5.92 Å². The van der Waals surface area contributed by atoms with Crippen molar-refractivity contribution in [3.8, 4) is 0 Å². The van der Waals surface area contributed by atoms with Crippen LogP contribution in [0.15, 0.2) is 12.4 Å². The molecule has 6 nitrogen and oxygen atoms in total. The summed E-state index contributed by atoms with van der Waals surface area (Å²) < 4.78 is 26.9. The van der Waals surface area contributed by atoms with Gasteiger partial charge in [0.1, 0.15) is 0 Å². The third-order valence-corrected chi connectivity index (χ3v) is 5.59. The molecule has 0 aliphatic carbocycles. The molecule has 0 unspecified atom stereocenters. The highest BCUT2D eigenvalue weighted by Crippen LogP contribution is 2.21. The van der Waals surface area contributed by atoms with Gasteiger partial charge in [-0.15, -0.1) is 0 Å². The van der Waals surface area contributed by atoms with Gasteiger partial charge in [0.05, 0.1) is 12.5 Å². The van der Waals surface area contributed by atoms with Crippen molar-refractivity contribution in [3.05, 3.63) is 18.0 Å². The predicted molar refractivity (Wildman–Crippen MR) is 87.9 cm³/mol. The Morgan fingerprint density at radius 3 is 2.73 bits per heavy atom. The monoisotopic (exact) mass is 328 g/mol. The van der Waals surface area contributed by atoms with Crippen LogP contribution in [-0.4, -0.2) is 59.3 Å². The van der Waals surface area contributed by atoms with Crippen molar-refractivity contribution in [2.75, 3.05) is 25.9 Å². The van der Waals surface area contributed by atoms with Crippen molar-refractivity contribution in [2.45, 2.75) is 39.3 Å². The number of aryl methyl sites for hydroxylation is 1. The molecule has 1 fully saturated rings. The summed E-state index contributed by atoms with van der Waals surface area (Å²) in [5.74, 6) is 0.405. The van der Waals surface area contributed by atoms with Crippen LogP contribution in [0.25, 0.3) is 0 Å². The van der Waals surface area contributed by atoms with Crippen molar-refractivity contribution in [2.24, 2.45) is 13.0 Å². The van der Waals surface area contributed by atoms with E-state index in [0.717, 1.165) is 25.9 Å². The minimum atomic E-state index is -3.07. The number of hydrogen-bond donors (Lipinski definition) is 0. The molecule has 0 bridgehead atoms. The van der Waals surface area contributed by atoms with E-state index in [4.69, 9.17) is 0 Å². The molecule has 0 radical (unpaired) electrons. The largest absolute Gasteiger partial charge is 0.296 e. The zero-order chi connectivity index (χ0) is 16.3. The van der Waals surface area contributed by atoms with Gasteiger partial charge in [-0.05, 0) is 32.6 Å². The average Bonchev–Trinajstić information content (AvgIpc) is 2.83. The molecule has 2 heterocycles. The molecule has 1 aliphatic rings. The summed E-state index contributed by atoms with van der Waals surface area (Å²) >= 11 is 0. The lowest BCUT2D eigenvalue weighted by atomic mass is 9.98. The van der Waals surface area contributed by atoms with E-state index in [2.05, 4.69) is 23.8 Å². The van der Waals surface area contributed by atoms with E-state index in [1.807, 2.05) is 24.1 Å². The Balaban J connectivity index is 1.98. The maximum absolute atomic E-state index is 11.7. The van der Waals surface area contributed by atoms with Crippen molar-refractivity contribution in [3.63, 3.8) is 0 Å². The Kier molecular flexibility index (Phi) is 5.63. The van der Waals surface area contributed by atoms with E-state index in [-0.39, 0.29) is 0 Å². The molecule has 0 saturated carbocycles. The lowest BCUT2D eigenvalue weighted by Gasteiger charge is -2.35. The van der Waals surface area contributed by atoms with Gasteiger partial charge in [-0.1, -0.05) is 0 Å². The van der Waals surface area contributed by atoms with Gasteiger partial charge in [0.2, 0.25) is 10.0 Å². The third kappa shape index (κ3) is 4.79. The summed E-state index contributed by atoms with van der Waals surface area (Å²) in [5, 5.41) is 4.22. The van der Waals surface area contributed by atoms with E-state index in [1.165, 1.54) is 11.8 Å². The molecule has 0 amide bonds. The molecule has 0 N–H and O–H groups in total. The minimum absolute atomic E-state index is 0.405. The molecule has 2 rings (SSSR count). The maximum atomic E-state index is 11.7. The molecule has 126 valence electrons. The first-order chi connectivity index (χ1) is 10.3. The van der Waals surface area contributed by atoms with E-state index >= 15 is 0 Å². The van der Waals surface area contributed by atoms with E-state index < -0.39 is 10.0 Å². The Morgan fingerprint density at radius 2 is 2.18 bits per heavy atom. The number of nitrogens with zero attached hydrogens (tertiary/aromatic N) is 4. The highest BCUT2D eigenvalue weighted by molar-refractivity contribution is 7.88. The molecular formula is C15H28N4O2S. The van der Waals surface area contributed by atoms with Gasteiger partial charge in [0, 0.05) is 51.0 Å². The van der Waals surface area contributed by atoms with Crippen LogP contribution in [0.2, 0.25) is 0 Å². The van der Waals surface area contributed by atoms with E-state index in [9.17, 15) is 8.42 Å². The number of hydrogen-bond acceptors (Lipinski definition) is 4. The molecule has 1 aromatic heterocycles. The molecule has 1 aliphatic heterocycles. The number of sulfonamides is 1. The van der Waals surface area contributed by atoms with Crippen molar-refractivity contribution < 1.29 is 8.42 Å². The second-order valence-electron chi connectivity index (χ2n) is 6.67. The van der Waals surface area contributed by atoms with Gasteiger partial charge in [-0.2, -0.15) is 5.10 Å². The Bertz CT molecular complexity index is 582. The van der Waals surface area contributed by atoms with Crippen LogP contribution in [0.1, 0.15) is 32.3 Å². The first-order valence-electron chi connectivity index (χ1n) is 7.92. The normalized spacial score (nSPS) is 20.9. The Hall–Kier alpha value is -0.920. The van der Waals surface area contributed by atoms with Gasteiger partial charge >= 0.3 is 0 Å². The predicted octanol–water partition coefficient (Wildman–Crippen LogP) is 1.30. The molecule has 7 heteroatoms. The minimum Gasteiger partial charge on any atom is -0.296 e. The van der Waals surface area contributed by atoms with Crippen LogP contribution >= 0.6 is 0 Å². The maximum Gasteiger partial charge on any atom is 0.211 e. The molecule has 0 spiro atoms. The fourth-order valence-corrected chi connectivity index (χ4v) is 4.00. The zero-order valence-electron chi connectivity index (χ0n) is 14.1. The summed E-state index contributed by atoms with van der Waals surface area (Å²) in [4.78, 5) is 2.41. The average molecular weight is 328 g/mol. The third-order valence-electron chi connectivity index (χ3n) is 4.32. The molecular weight excluding hydrogens is 300 g/mol. The van der Waals surface area contributed by atoms with Gasteiger partial charge in [-0.25, -0.2) is 12.7 Å². The van der Waals surface area contributed by atoms with Gasteiger partial charge in [-0.3, -0.25) is 9.58 Å². The fourth-order valence-electron chi connectivity index (χ4n) is 3.05. The van der Waals surface area contributed by atoms with Crippen LogP contribution < -0.4 is 0 Å². The summed E-state index contributed by atoms with van der Waals surface area (Å²) in [6.45, 7) is 7.48. The summed E-state index contributed by atoms with van der Waals surface area (Å²) in [7, 11) is -1.14. The van der Waals surface area contributed by atoms with Crippen LogP contribution in [0.5, 0.6) is 0 Å². The standard InChI is InChI=1S/C15H28N4O2S/c1-13(2)18(11-15-8-16-17(3)9-15)10-14-6-5-7-19(12-14)22(4,20)21/h8-9,13-14H,5-7,10-12H2,1-4H3/t14-/m0/s1. The Morgan fingerprint density at radius 1 is 1.45 bits per heavy atom. The molecule has 1 aromatic rings. The van der Waals surface area contributed by atoms with Gasteiger partial charge < -0.3 is 0 Å². The summed E-state index contributed by atoms with van der Waals surface area (Å²) in [5.41, 5.74) is 1.20. The molecule has 22 heavy (non-hydrogen) atoms.